The molecule has 4 heteroatoms. The van der Waals surface area contributed by atoms with Crippen molar-refractivity contribution in [3.8, 4) is 0 Å². The van der Waals surface area contributed by atoms with Gasteiger partial charge in [-0.05, 0) is 6.07 Å². The fourth-order valence-electron chi connectivity index (χ4n) is 1.03. The normalized spacial score (nSPS) is 10.9. The van der Waals surface area contributed by atoms with Gasteiger partial charge in [-0.3, -0.25) is 0 Å². The van der Waals surface area contributed by atoms with Crippen molar-refractivity contribution in [1.82, 2.24) is 0 Å². The molecule has 0 bridgehead atoms. The Kier molecular flexibility index (Phi) is 1.58. The highest BCUT2D eigenvalue weighted by Gasteiger charge is 2.13. The van der Waals surface area contributed by atoms with Crippen molar-refractivity contribution < 1.29 is 13.2 Å². The summed E-state index contributed by atoms with van der Waals surface area (Å²) >= 11 is 0.489. The minimum absolute atomic E-state index is 0.0116. The van der Waals surface area contributed by atoms with Gasteiger partial charge in [-0.25, -0.2) is 8.78 Å². The van der Waals surface area contributed by atoms with Crippen LogP contribution >= 0.6 is 11.3 Å². The van der Waals surface area contributed by atoms with E-state index < -0.39 is 16.8 Å². The summed E-state index contributed by atoms with van der Waals surface area (Å²) in [5.41, 5.74) is 0. The quantitative estimate of drug-likeness (QED) is 0.595. The molecular formula is C8H3F3S. The van der Waals surface area contributed by atoms with Gasteiger partial charge in [0.25, 0.3) is 0 Å². The molecule has 2 aromatic rings. The van der Waals surface area contributed by atoms with Crippen LogP contribution < -0.4 is 0 Å². The van der Waals surface area contributed by atoms with Crippen molar-refractivity contribution in [3.05, 3.63) is 35.0 Å². The lowest BCUT2D eigenvalue weighted by Gasteiger charge is -1.88. The van der Waals surface area contributed by atoms with Crippen LogP contribution in [0.3, 0.4) is 0 Å². The smallest absolute Gasteiger partial charge is 0.205 e. The third-order valence-corrected chi connectivity index (χ3v) is 2.55. The average molecular weight is 188 g/mol. The average Bonchev–Trinajstić information content (AvgIpc) is 2.32. The minimum Gasteiger partial charge on any atom is -0.205 e. The molecule has 0 spiro atoms. The first-order chi connectivity index (χ1) is 5.70. The van der Waals surface area contributed by atoms with Crippen LogP contribution in [-0.4, -0.2) is 0 Å². The minimum atomic E-state index is -0.963. The van der Waals surface area contributed by atoms with E-state index in [2.05, 4.69) is 0 Å². The van der Waals surface area contributed by atoms with Crippen LogP contribution in [0.4, 0.5) is 13.2 Å². The number of hydrogen-bond donors (Lipinski definition) is 0. The van der Waals surface area contributed by atoms with E-state index in [1.165, 1.54) is 18.2 Å². The molecule has 62 valence electrons. The zero-order valence-corrected chi connectivity index (χ0v) is 6.59. The van der Waals surface area contributed by atoms with Gasteiger partial charge < -0.3 is 0 Å². The summed E-state index contributed by atoms with van der Waals surface area (Å²) in [6.45, 7) is 0. The summed E-state index contributed by atoms with van der Waals surface area (Å²) in [6.07, 6.45) is 0. The van der Waals surface area contributed by atoms with Gasteiger partial charge in [-0.1, -0.05) is 23.5 Å². The van der Waals surface area contributed by atoms with Crippen molar-refractivity contribution in [1.29, 1.82) is 0 Å². The summed E-state index contributed by atoms with van der Waals surface area (Å²) in [5.74, 6) is -1.55. The Bertz CT molecular complexity index is 433. The molecule has 0 N–H and O–H groups in total. The van der Waals surface area contributed by atoms with Gasteiger partial charge in [0.05, 0.1) is 4.70 Å². The summed E-state index contributed by atoms with van der Waals surface area (Å²) in [4.78, 5) is 0. The highest BCUT2D eigenvalue weighted by molar-refractivity contribution is 7.17. The molecule has 0 saturated heterocycles. The number of thiophene rings is 1. The van der Waals surface area contributed by atoms with Crippen LogP contribution in [0.15, 0.2) is 18.2 Å². The summed E-state index contributed by atoms with van der Waals surface area (Å²) in [5, 5.41) is -0.951. The molecule has 0 fully saturated rings. The molecule has 0 unspecified atom stereocenters. The largest absolute Gasteiger partial charge is 0.213 e. The Balaban J connectivity index is 2.95. The van der Waals surface area contributed by atoms with E-state index in [-0.39, 0.29) is 10.1 Å². The van der Waals surface area contributed by atoms with Gasteiger partial charge in [0.2, 0.25) is 5.13 Å². The number of rotatable bonds is 0. The van der Waals surface area contributed by atoms with Gasteiger partial charge in [-0.15, -0.1) is 0 Å². The van der Waals surface area contributed by atoms with Crippen molar-refractivity contribution in [2.45, 2.75) is 0 Å². The van der Waals surface area contributed by atoms with E-state index in [0.29, 0.717) is 11.3 Å². The molecule has 2 rings (SSSR count). The predicted octanol–water partition coefficient (Wildman–Crippen LogP) is 3.32. The molecule has 0 radical (unpaired) electrons. The van der Waals surface area contributed by atoms with Crippen LogP contribution in [0.25, 0.3) is 10.1 Å². The third kappa shape index (κ3) is 0.914. The zero-order chi connectivity index (χ0) is 8.72. The molecule has 1 heterocycles. The molecular weight excluding hydrogens is 185 g/mol. The molecule has 0 aliphatic carbocycles. The van der Waals surface area contributed by atoms with E-state index in [9.17, 15) is 13.2 Å². The maximum atomic E-state index is 12.9. The zero-order valence-electron chi connectivity index (χ0n) is 5.77. The topological polar surface area (TPSA) is 0 Å². The van der Waals surface area contributed by atoms with Crippen molar-refractivity contribution in [3.63, 3.8) is 0 Å². The second kappa shape index (κ2) is 2.48. The van der Waals surface area contributed by atoms with Gasteiger partial charge in [0.1, 0.15) is 5.82 Å². The Morgan fingerprint density at radius 1 is 1.08 bits per heavy atom. The standard InChI is InChI=1S/C8H3F3S/c9-5-3-1-2-4-6(10)8(11)12-7(4)5/h1-3H. The van der Waals surface area contributed by atoms with Crippen LogP contribution in [0, 0.1) is 16.8 Å². The number of halogens is 3. The lowest BCUT2D eigenvalue weighted by molar-refractivity contribution is 0.538. The van der Waals surface area contributed by atoms with Gasteiger partial charge in [0.15, 0.2) is 5.82 Å². The molecule has 1 aromatic heterocycles. The third-order valence-electron chi connectivity index (χ3n) is 1.57. The molecule has 0 aliphatic rings. The first-order valence-corrected chi connectivity index (χ1v) is 4.04. The molecule has 12 heavy (non-hydrogen) atoms. The van der Waals surface area contributed by atoms with E-state index in [1.54, 1.807) is 0 Å². The molecule has 0 amide bonds. The number of benzene rings is 1. The molecule has 0 aliphatic heterocycles. The number of fused-ring (bicyclic) bond motifs is 1. The van der Waals surface area contributed by atoms with Crippen LogP contribution in [-0.2, 0) is 0 Å². The summed E-state index contributed by atoms with van der Waals surface area (Å²) < 4.78 is 38.3. The Morgan fingerprint density at radius 2 is 1.83 bits per heavy atom. The first kappa shape index (κ1) is 7.61. The van der Waals surface area contributed by atoms with Gasteiger partial charge >= 0.3 is 0 Å². The second-order valence-electron chi connectivity index (χ2n) is 2.31. The summed E-state index contributed by atoms with van der Waals surface area (Å²) in [6, 6.07) is 3.89. The lowest BCUT2D eigenvalue weighted by atomic mass is 10.2. The van der Waals surface area contributed by atoms with E-state index in [1.807, 2.05) is 0 Å². The Hall–Kier alpha value is -1.03. The monoisotopic (exact) mass is 188 g/mol. The molecule has 1 aromatic carbocycles. The van der Waals surface area contributed by atoms with E-state index in [0.717, 1.165) is 0 Å². The Labute approximate surface area is 70.3 Å². The molecule has 0 saturated carbocycles. The van der Waals surface area contributed by atoms with Crippen LogP contribution in [0.1, 0.15) is 0 Å². The van der Waals surface area contributed by atoms with Gasteiger partial charge in [0, 0.05) is 5.39 Å². The first-order valence-electron chi connectivity index (χ1n) is 3.22. The molecule has 0 atom stereocenters. The van der Waals surface area contributed by atoms with Crippen molar-refractivity contribution in [2.24, 2.45) is 0 Å². The predicted molar refractivity (Wildman–Crippen MR) is 41.7 cm³/mol. The SMILES string of the molecule is Fc1sc2c(F)cccc2c1F. The van der Waals surface area contributed by atoms with Gasteiger partial charge in [-0.2, -0.15) is 4.39 Å². The van der Waals surface area contributed by atoms with Crippen LogP contribution in [0.2, 0.25) is 0 Å². The van der Waals surface area contributed by atoms with E-state index >= 15 is 0 Å². The summed E-state index contributed by atoms with van der Waals surface area (Å²) in [7, 11) is 0. The highest BCUT2D eigenvalue weighted by atomic mass is 32.1. The maximum Gasteiger partial charge on any atom is 0.213 e. The van der Waals surface area contributed by atoms with Crippen LogP contribution in [0.5, 0.6) is 0 Å². The lowest BCUT2D eigenvalue weighted by Crippen LogP contribution is -1.74. The fourth-order valence-corrected chi connectivity index (χ4v) is 1.84. The second-order valence-corrected chi connectivity index (χ2v) is 3.28. The Morgan fingerprint density at radius 3 is 2.50 bits per heavy atom. The number of hydrogen-bond acceptors (Lipinski definition) is 1. The fraction of sp³-hybridized carbons (Fsp3) is 0. The van der Waals surface area contributed by atoms with Crippen molar-refractivity contribution in [2.75, 3.05) is 0 Å². The van der Waals surface area contributed by atoms with E-state index in [4.69, 9.17) is 0 Å². The molecule has 0 nitrogen and oxygen atoms in total. The van der Waals surface area contributed by atoms with Crippen molar-refractivity contribution >= 4 is 21.4 Å². The highest BCUT2D eigenvalue weighted by Crippen LogP contribution is 2.30. The maximum absolute atomic E-state index is 12.9.